The summed E-state index contributed by atoms with van der Waals surface area (Å²) in [6.45, 7) is 10.4. The van der Waals surface area contributed by atoms with Crippen LogP contribution in [0.2, 0.25) is 0 Å². The minimum atomic E-state index is -0.252. The van der Waals surface area contributed by atoms with Gasteiger partial charge in [-0.05, 0) is 39.5 Å². The van der Waals surface area contributed by atoms with Gasteiger partial charge in [0, 0.05) is 25.0 Å². The molecule has 3 nitrogen and oxygen atoms in total. The monoisotopic (exact) mass is 228 g/mol. The van der Waals surface area contributed by atoms with Crippen molar-refractivity contribution < 1.29 is 4.79 Å². The van der Waals surface area contributed by atoms with Crippen molar-refractivity contribution in [3.8, 4) is 0 Å². The standard InChI is InChI=1S/C13H28N2O/c1-10(2)9-11(3)15(6)12(16)7-8-13(4,5)14/h10-11H,7-9,14H2,1-6H3. The van der Waals surface area contributed by atoms with E-state index in [0.717, 1.165) is 12.8 Å². The molecule has 0 aromatic rings. The second-order valence-corrected chi connectivity index (χ2v) is 5.97. The van der Waals surface area contributed by atoms with Crippen molar-refractivity contribution >= 4 is 5.91 Å². The molecule has 0 aliphatic carbocycles. The zero-order chi connectivity index (χ0) is 12.9. The van der Waals surface area contributed by atoms with Crippen molar-refractivity contribution in [1.29, 1.82) is 0 Å². The van der Waals surface area contributed by atoms with E-state index in [2.05, 4.69) is 20.8 Å². The van der Waals surface area contributed by atoms with Crippen LogP contribution in [-0.4, -0.2) is 29.4 Å². The number of hydrogen-bond acceptors (Lipinski definition) is 2. The molecule has 0 heterocycles. The normalized spacial score (nSPS) is 14.0. The zero-order valence-electron chi connectivity index (χ0n) is 11.7. The molecule has 0 aliphatic rings. The topological polar surface area (TPSA) is 46.3 Å². The third-order valence-electron chi connectivity index (χ3n) is 2.85. The van der Waals surface area contributed by atoms with Crippen LogP contribution in [-0.2, 0) is 4.79 Å². The molecule has 2 N–H and O–H groups in total. The third kappa shape index (κ3) is 6.83. The molecule has 0 saturated heterocycles. The van der Waals surface area contributed by atoms with Gasteiger partial charge in [-0.15, -0.1) is 0 Å². The lowest BCUT2D eigenvalue weighted by Crippen LogP contribution is -2.38. The molecule has 0 aliphatic heterocycles. The summed E-state index contributed by atoms with van der Waals surface area (Å²) in [5, 5.41) is 0. The van der Waals surface area contributed by atoms with E-state index in [-0.39, 0.29) is 11.4 Å². The zero-order valence-corrected chi connectivity index (χ0v) is 11.7. The van der Waals surface area contributed by atoms with Gasteiger partial charge in [-0.3, -0.25) is 4.79 Å². The lowest BCUT2D eigenvalue weighted by molar-refractivity contribution is -0.132. The molecule has 0 fully saturated rings. The number of rotatable bonds is 6. The van der Waals surface area contributed by atoms with E-state index < -0.39 is 0 Å². The molecule has 0 radical (unpaired) electrons. The van der Waals surface area contributed by atoms with Crippen molar-refractivity contribution in [2.75, 3.05) is 7.05 Å². The molecule has 0 aromatic carbocycles. The van der Waals surface area contributed by atoms with Crippen molar-refractivity contribution in [2.45, 2.75) is 65.5 Å². The highest BCUT2D eigenvalue weighted by Gasteiger charge is 2.19. The Hall–Kier alpha value is -0.570. The minimum absolute atomic E-state index is 0.201. The first-order chi connectivity index (χ1) is 7.13. The fourth-order valence-corrected chi connectivity index (χ4v) is 1.69. The second kappa shape index (κ2) is 6.24. The molecule has 0 rings (SSSR count). The van der Waals surface area contributed by atoms with Gasteiger partial charge in [0.2, 0.25) is 5.91 Å². The molecule has 0 saturated carbocycles. The Bertz CT molecular complexity index is 218. The summed E-state index contributed by atoms with van der Waals surface area (Å²) in [6.07, 6.45) is 2.33. The Morgan fingerprint density at radius 3 is 2.19 bits per heavy atom. The van der Waals surface area contributed by atoms with Gasteiger partial charge in [-0.2, -0.15) is 0 Å². The van der Waals surface area contributed by atoms with E-state index in [4.69, 9.17) is 5.73 Å². The fourth-order valence-electron chi connectivity index (χ4n) is 1.69. The van der Waals surface area contributed by atoms with Gasteiger partial charge in [0.25, 0.3) is 0 Å². The van der Waals surface area contributed by atoms with Gasteiger partial charge < -0.3 is 10.6 Å². The van der Waals surface area contributed by atoms with Crippen molar-refractivity contribution in [3.63, 3.8) is 0 Å². The summed E-state index contributed by atoms with van der Waals surface area (Å²) in [7, 11) is 1.89. The number of carbonyl (C=O) groups excluding carboxylic acids is 1. The van der Waals surface area contributed by atoms with E-state index in [9.17, 15) is 4.79 Å². The van der Waals surface area contributed by atoms with Crippen LogP contribution < -0.4 is 5.73 Å². The van der Waals surface area contributed by atoms with E-state index in [1.54, 1.807) is 0 Å². The van der Waals surface area contributed by atoms with E-state index in [1.165, 1.54) is 0 Å². The average molecular weight is 228 g/mol. The predicted molar refractivity (Wildman–Crippen MR) is 69.2 cm³/mol. The van der Waals surface area contributed by atoms with Gasteiger partial charge >= 0.3 is 0 Å². The van der Waals surface area contributed by atoms with E-state index >= 15 is 0 Å². The largest absolute Gasteiger partial charge is 0.343 e. The number of carbonyl (C=O) groups is 1. The molecular formula is C13H28N2O. The van der Waals surface area contributed by atoms with Gasteiger partial charge in [0.15, 0.2) is 0 Å². The molecule has 0 spiro atoms. The van der Waals surface area contributed by atoms with E-state index in [0.29, 0.717) is 18.4 Å². The highest BCUT2D eigenvalue weighted by Crippen LogP contribution is 2.13. The van der Waals surface area contributed by atoms with Crippen molar-refractivity contribution in [2.24, 2.45) is 11.7 Å². The van der Waals surface area contributed by atoms with Crippen LogP contribution in [0.4, 0.5) is 0 Å². The van der Waals surface area contributed by atoms with Crippen molar-refractivity contribution in [1.82, 2.24) is 4.90 Å². The molecule has 3 heteroatoms. The van der Waals surface area contributed by atoms with Crippen LogP contribution in [0, 0.1) is 5.92 Å². The average Bonchev–Trinajstić information content (AvgIpc) is 2.10. The summed E-state index contributed by atoms with van der Waals surface area (Å²) in [5.41, 5.74) is 5.62. The first kappa shape index (κ1) is 15.4. The summed E-state index contributed by atoms with van der Waals surface area (Å²) < 4.78 is 0. The molecule has 0 aromatic heterocycles. The lowest BCUT2D eigenvalue weighted by atomic mass is 9.99. The van der Waals surface area contributed by atoms with Crippen LogP contribution in [0.5, 0.6) is 0 Å². The van der Waals surface area contributed by atoms with Crippen LogP contribution >= 0.6 is 0 Å². The number of hydrogen-bond donors (Lipinski definition) is 1. The Morgan fingerprint density at radius 1 is 1.31 bits per heavy atom. The van der Waals surface area contributed by atoms with Crippen LogP contribution in [0.1, 0.15) is 53.9 Å². The lowest BCUT2D eigenvalue weighted by Gasteiger charge is -2.27. The Labute approximate surface area is 100 Å². The predicted octanol–water partition coefficient (Wildman–Crippen LogP) is 2.40. The molecule has 16 heavy (non-hydrogen) atoms. The SMILES string of the molecule is CC(C)CC(C)N(C)C(=O)CCC(C)(C)N. The van der Waals surface area contributed by atoms with Crippen LogP contribution in [0.15, 0.2) is 0 Å². The summed E-state index contributed by atoms with van der Waals surface area (Å²) >= 11 is 0. The number of nitrogens with two attached hydrogens (primary N) is 1. The summed E-state index contributed by atoms with van der Waals surface area (Å²) in [4.78, 5) is 13.7. The number of nitrogens with zero attached hydrogens (tertiary/aromatic N) is 1. The molecule has 1 atom stereocenters. The fraction of sp³-hybridized carbons (Fsp3) is 0.923. The maximum Gasteiger partial charge on any atom is 0.222 e. The third-order valence-corrected chi connectivity index (χ3v) is 2.85. The van der Waals surface area contributed by atoms with Gasteiger partial charge in [-0.25, -0.2) is 0 Å². The highest BCUT2D eigenvalue weighted by atomic mass is 16.2. The second-order valence-electron chi connectivity index (χ2n) is 5.97. The molecule has 1 unspecified atom stereocenters. The first-order valence-corrected chi connectivity index (χ1v) is 6.18. The maximum atomic E-state index is 11.9. The smallest absolute Gasteiger partial charge is 0.222 e. The molecule has 96 valence electrons. The van der Waals surface area contributed by atoms with Gasteiger partial charge in [-0.1, -0.05) is 13.8 Å². The van der Waals surface area contributed by atoms with Gasteiger partial charge in [0.05, 0.1) is 0 Å². The van der Waals surface area contributed by atoms with Gasteiger partial charge in [0.1, 0.15) is 0 Å². The minimum Gasteiger partial charge on any atom is -0.343 e. The molecule has 1 amide bonds. The maximum absolute atomic E-state index is 11.9. The molecular weight excluding hydrogens is 200 g/mol. The van der Waals surface area contributed by atoms with Crippen LogP contribution in [0.3, 0.4) is 0 Å². The first-order valence-electron chi connectivity index (χ1n) is 6.18. The summed E-state index contributed by atoms with van der Waals surface area (Å²) in [5.74, 6) is 0.822. The summed E-state index contributed by atoms with van der Waals surface area (Å²) in [6, 6.07) is 0.313. The highest BCUT2D eigenvalue weighted by molar-refractivity contribution is 5.76. The Kier molecular flexibility index (Phi) is 6.01. The quantitative estimate of drug-likeness (QED) is 0.759. The van der Waals surface area contributed by atoms with E-state index in [1.807, 2.05) is 25.8 Å². The van der Waals surface area contributed by atoms with Crippen LogP contribution in [0.25, 0.3) is 0 Å². The van der Waals surface area contributed by atoms with Crippen molar-refractivity contribution in [3.05, 3.63) is 0 Å². The Balaban J connectivity index is 4.08. The molecule has 0 bridgehead atoms. The number of amides is 1. The Morgan fingerprint density at radius 2 is 1.81 bits per heavy atom.